The number of ether oxygens (including phenoxy) is 1. The Kier molecular flexibility index (Phi) is 5.60. The Morgan fingerprint density at radius 3 is 2.28 bits per heavy atom. The Hall–Kier alpha value is -2.76. The summed E-state index contributed by atoms with van der Waals surface area (Å²) in [6, 6.07) is 15.3. The number of aromatic nitrogens is 2. The summed E-state index contributed by atoms with van der Waals surface area (Å²) in [7, 11) is 0. The molecule has 0 fully saturated rings. The number of allylic oxidation sites excluding steroid dienone is 2. The van der Waals surface area contributed by atoms with Crippen LogP contribution in [0.3, 0.4) is 0 Å². The molecule has 2 unspecified atom stereocenters. The zero-order valence-electron chi connectivity index (χ0n) is 15.8. The highest BCUT2D eigenvalue weighted by molar-refractivity contribution is 6.33. The van der Waals surface area contributed by atoms with Crippen LogP contribution >= 0.6 is 23.2 Å². The molecule has 3 N–H and O–H groups in total. The summed E-state index contributed by atoms with van der Waals surface area (Å²) in [6.45, 7) is 2.50. The highest BCUT2D eigenvalue weighted by Crippen LogP contribution is 2.39. The second-order valence-electron chi connectivity index (χ2n) is 6.93. The highest BCUT2D eigenvalue weighted by Gasteiger charge is 2.32. The lowest BCUT2D eigenvalue weighted by molar-refractivity contribution is 0.482. The molecule has 2 atom stereocenters. The smallest absolute Gasteiger partial charge is 0.148 e. The molecule has 2 aromatic carbocycles. The van der Waals surface area contributed by atoms with Gasteiger partial charge in [0.2, 0.25) is 0 Å². The van der Waals surface area contributed by atoms with Crippen molar-refractivity contribution < 1.29 is 4.74 Å². The van der Waals surface area contributed by atoms with E-state index in [0.717, 1.165) is 28.5 Å². The van der Waals surface area contributed by atoms with Gasteiger partial charge < -0.3 is 15.8 Å². The number of rotatable bonds is 7. The van der Waals surface area contributed by atoms with Crippen molar-refractivity contribution in [2.45, 2.75) is 12.8 Å². The van der Waals surface area contributed by atoms with Crippen LogP contribution in [0.5, 0.6) is 11.5 Å². The summed E-state index contributed by atoms with van der Waals surface area (Å²) >= 11 is 12.2. The summed E-state index contributed by atoms with van der Waals surface area (Å²) < 4.78 is 5.88. The van der Waals surface area contributed by atoms with Gasteiger partial charge in [0.25, 0.3) is 0 Å². The van der Waals surface area contributed by atoms with E-state index in [-0.39, 0.29) is 11.8 Å². The fourth-order valence-corrected chi connectivity index (χ4v) is 3.46. The van der Waals surface area contributed by atoms with Crippen molar-refractivity contribution in [1.29, 1.82) is 0 Å². The van der Waals surface area contributed by atoms with Crippen LogP contribution in [0.4, 0.5) is 5.82 Å². The quantitative estimate of drug-likeness (QED) is 0.517. The topological polar surface area (TPSA) is 73.1 Å². The van der Waals surface area contributed by atoms with Crippen molar-refractivity contribution >= 4 is 29.0 Å². The largest absolute Gasteiger partial charge is 0.457 e. The number of aryl methyl sites for hydroxylation is 1. The molecule has 29 heavy (non-hydrogen) atoms. The molecular weight excluding hydrogens is 407 g/mol. The maximum Gasteiger partial charge on any atom is 0.148 e. The molecule has 3 aromatic rings. The molecule has 1 heterocycles. The van der Waals surface area contributed by atoms with E-state index >= 15 is 0 Å². The number of hydrogen-bond acceptors (Lipinski definition) is 5. The molecule has 0 aliphatic heterocycles. The summed E-state index contributed by atoms with van der Waals surface area (Å²) in [5.74, 6) is 2.53. The van der Waals surface area contributed by atoms with Crippen molar-refractivity contribution in [2.75, 3.05) is 11.9 Å². The van der Waals surface area contributed by atoms with Gasteiger partial charge in [0, 0.05) is 29.1 Å². The van der Waals surface area contributed by atoms with E-state index < -0.39 is 0 Å². The van der Waals surface area contributed by atoms with Gasteiger partial charge in [-0.2, -0.15) is 0 Å². The van der Waals surface area contributed by atoms with Gasteiger partial charge in [-0.3, -0.25) is 0 Å². The lowest BCUT2D eigenvalue weighted by atomic mass is 9.92. The van der Waals surface area contributed by atoms with Crippen LogP contribution in [-0.4, -0.2) is 16.5 Å². The van der Waals surface area contributed by atoms with Gasteiger partial charge in [-0.25, -0.2) is 9.97 Å². The molecule has 5 nitrogen and oxygen atoms in total. The fourth-order valence-electron chi connectivity index (χ4n) is 3.17. The van der Waals surface area contributed by atoms with Crippen LogP contribution in [0.1, 0.15) is 17.2 Å². The summed E-state index contributed by atoms with van der Waals surface area (Å²) in [5.41, 5.74) is 8.82. The molecule has 148 valence electrons. The minimum atomic E-state index is 0.172. The SMILES string of the molecule is Cc1ncnc(NCC(c2ccc(Oc3ccc(Cl)cc3)cc2)C2C=C2N)c1Cl. The Morgan fingerprint density at radius 2 is 1.66 bits per heavy atom. The third-order valence-electron chi connectivity index (χ3n) is 4.89. The van der Waals surface area contributed by atoms with Gasteiger partial charge >= 0.3 is 0 Å². The van der Waals surface area contributed by atoms with E-state index in [9.17, 15) is 0 Å². The van der Waals surface area contributed by atoms with Crippen LogP contribution in [-0.2, 0) is 0 Å². The predicted octanol–water partition coefficient (Wildman–Crippen LogP) is 5.55. The molecule has 0 amide bonds. The first-order valence-corrected chi connectivity index (χ1v) is 9.98. The number of anilines is 1. The standard InChI is InChI=1S/C22H20Cl2N4O/c1-13-21(24)22(28-12-27-13)26-11-19(18-10-20(18)25)14-2-6-16(7-3-14)29-17-8-4-15(23)5-9-17/h2-10,12,18-19H,11,25H2,1H3,(H,26,27,28). The van der Waals surface area contributed by atoms with Crippen molar-refractivity contribution in [3.63, 3.8) is 0 Å². The van der Waals surface area contributed by atoms with Crippen LogP contribution in [0, 0.1) is 12.8 Å². The molecule has 1 aliphatic rings. The first-order chi connectivity index (χ1) is 14.0. The summed E-state index contributed by atoms with van der Waals surface area (Å²) in [4.78, 5) is 8.34. The van der Waals surface area contributed by atoms with E-state index in [0.29, 0.717) is 22.4 Å². The molecule has 0 saturated carbocycles. The zero-order chi connectivity index (χ0) is 20.4. The Labute approximate surface area is 179 Å². The second kappa shape index (κ2) is 8.31. The molecule has 0 spiro atoms. The fraction of sp³-hybridized carbons (Fsp3) is 0.182. The summed E-state index contributed by atoms with van der Waals surface area (Å²) in [6.07, 6.45) is 3.57. The van der Waals surface area contributed by atoms with Crippen molar-refractivity contribution in [3.05, 3.63) is 87.9 Å². The van der Waals surface area contributed by atoms with Crippen molar-refractivity contribution in [2.24, 2.45) is 11.7 Å². The molecule has 4 rings (SSSR count). The number of nitrogens with zero attached hydrogens (tertiary/aromatic N) is 2. The summed E-state index contributed by atoms with van der Waals surface area (Å²) in [5, 5.41) is 4.55. The Balaban J connectivity index is 1.47. The van der Waals surface area contributed by atoms with Crippen LogP contribution in [0.15, 0.2) is 66.6 Å². The van der Waals surface area contributed by atoms with E-state index in [4.69, 9.17) is 33.7 Å². The zero-order valence-corrected chi connectivity index (χ0v) is 17.3. The minimum absolute atomic E-state index is 0.172. The van der Waals surface area contributed by atoms with Crippen LogP contribution in [0.2, 0.25) is 10.0 Å². The molecule has 0 saturated heterocycles. The van der Waals surface area contributed by atoms with E-state index in [1.54, 1.807) is 12.1 Å². The Morgan fingerprint density at radius 1 is 1.03 bits per heavy atom. The van der Waals surface area contributed by atoms with Crippen LogP contribution < -0.4 is 15.8 Å². The van der Waals surface area contributed by atoms with E-state index in [1.165, 1.54) is 6.33 Å². The normalized spacial score (nSPS) is 16.1. The monoisotopic (exact) mass is 426 g/mol. The molecule has 1 aliphatic carbocycles. The number of nitrogens with one attached hydrogen (secondary N) is 1. The number of halogens is 2. The first kappa shape index (κ1) is 19.6. The number of hydrogen-bond donors (Lipinski definition) is 2. The molecule has 1 aromatic heterocycles. The predicted molar refractivity (Wildman–Crippen MR) is 117 cm³/mol. The lowest BCUT2D eigenvalue weighted by Crippen LogP contribution is -2.18. The number of nitrogens with two attached hydrogens (primary N) is 1. The second-order valence-corrected chi connectivity index (χ2v) is 7.74. The lowest BCUT2D eigenvalue weighted by Gasteiger charge is -2.20. The van der Waals surface area contributed by atoms with Gasteiger partial charge in [-0.1, -0.05) is 41.4 Å². The van der Waals surface area contributed by atoms with Gasteiger partial charge in [-0.15, -0.1) is 0 Å². The first-order valence-electron chi connectivity index (χ1n) is 9.23. The van der Waals surface area contributed by atoms with Gasteiger partial charge in [0.05, 0.1) is 5.69 Å². The molecular formula is C22H20Cl2N4O. The van der Waals surface area contributed by atoms with Crippen LogP contribution in [0.25, 0.3) is 0 Å². The van der Waals surface area contributed by atoms with Crippen molar-refractivity contribution in [3.8, 4) is 11.5 Å². The minimum Gasteiger partial charge on any atom is -0.457 e. The maximum absolute atomic E-state index is 6.30. The third kappa shape index (κ3) is 4.63. The molecule has 0 radical (unpaired) electrons. The third-order valence-corrected chi connectivity index (χ3v) is 5.60. The van der Waals surface area contributed by atoms with E-state index in [1.807, 2.05) is 31.2 Å². The van der Waals surface area contributed by atoms with Gasteiger partial charge in [0.15, 0.2) is 0 Å². The molecule has 7 heteroatoms. The van der Waals surface area contributed by atoms with Gasteiger partial charge in [0.1, 0.15) is 28.7 Å². The number of benzene rings is 2. The maximum atomic E-state index is 6.30. The Bertz CT molecular complexity index is 1040. The van der Waals surface area contributed by atoms with E-state index in [2.05, 4.69) is 33.5 Å². The average molecular weight is 427 g/mol. The van der Waals surface area contributed by atoms with Gasteiger partial charge in [-0.05, 0) is 48.9 Å². The van der Waals surface area contributed by atoms with Crippen molar-refractivity contribution in [1.82, 2.24) is 9.97 Å². The average Bonchev–Trinajstić information content (AvgIpc) is 3.44. The molecule has 0 bridgehead atoms. The highest BCUT2D eigenvalue weighted by atomic mass is 35.5.